The van der Waals surface area contributed by atoms with Crippen LogP contribution in [0.4, 0.5) is 0 Å². The molecule has 0 saturated carbocycles. The summed E-state index contributed by atoms with van der Waals surface area (Å²) in [5, 5.41) is 0. The smallest absolute Gasteiger partial charge is 0.122 e. The SMILES string of the molecule is CSCCOc1ccccc1C. The van der Waals surface area contributed by atoms with Crippen LogP contribution in [0.1, 0.15) is 5.56 Å². The predicted octanol–water partition coefficient (Wildman–Crippen LogP) is 2.74. The molecule has 0 bridgehead atoms. The summed E-state index contributed by atoms with van der Waals surface area (Å²) < 4.78 is 5.56. The van der Waals surface area contributed by atoms with E-state index in [4.69, 9.17) is 4.74 Å². The second-order valence-corrected chi connectivity index (χ2v) is 3.59. The number of hydrogen-bond donors (Lipinski definition) is 0. The lowest BCUT2D eigenvalue weighted by atomic mass is 10.2. The molecule has 1 rings (SSSR count). The van der Waals surface area contributed by atoms with Gasteiger partial charge in [0.15, 0.2) is 0 Å². The standard InChI is InChI=1S/C10H14OS/c1-9-5-3-4-6-10(9)11-7-8-12-2/h3-6H,7-8H2,1-2H3. The van der Waals surface area contributed by atoms with Gasteiger partial charge in [-0.25, -0.2) is 0 Å². The Labute approximate surface area is 78.1 Å². The number of hydrogen-bond acceptors (Lipinski definition) is 2. The number of para-hydroxylation sites is 1. The van der Waals surface area contributed by atoms with E-state index in [1.54, 1.807) is 11.8 Å². The van der Waals surface area contributed by atoms with Gasteiger partial charge in [-0.05, 0) is 24.8 Å². The lowest BCUT2D eigenvalue weighted by Crippen LogP contribution is -2.00. The van der Waals surface area contributed by atoms with E-state index in [2.05, 4.69) is 19.2 Å². The van der Waals surface area contributed by atoms with E-state index in [1.165, 1.54) is 5.56 Å². The first kappa shape index (κ1) is 9.46. The molecule has 0 aliphatic rings. The summed E-state index contributed by atoms with van der Waals surface area (Å²) in [5.74, 6) is 2.06. The first-order valence-corrected chi connectivity index (χ1v) is 5.41. The van der Waals surface area contributed by atoms with E-state index in [0.717, 1.165) is 18.1 Å². The van der Waals surface area contributed by atoms with Crippen LogP contribution in [0.15, 0.2) is 24.3 Å². The first-order chi connectivity index (χ1) is 5.84. The molecule has 1 aromatic rings. The van der Waals surface area contributed by atoms with Gasteiger partial charge < -0.3 is 4.74 Å². The third-order valence-electron chi connectivity index (χ3n) is 1.64. The van der Waals surface area contributed by atoms with Gasteiger partial charge in [0.25, 0.3) is 0 Å². The maximum atomic E-state index is 5.56. The molecule has 0 aliphatic heterocycles. The number of benzene rings is 1. The first-order valence-electron chi connectivity index (χ1n) is 4.02. The Kier molecular flexibility index (Phi) is 4.01. The molecule has 1 nitrogen and oxygen atoms in total. The van der Waals surface area contributed by atoms with Crippen LogP contribution in [0.2, 0.25) is 0 Å². The van der Waals surface area contributed by atoms with Crippen molar-refractivity contribution in [1.29, 1.82) is 0 Å². The zero-order valence-corrected chi connectivity index (χ0v) is 8.36. The predicted molar refractivity (Wildman–Crippen MR) is 55.1 cm³/mol. The summed E-state index contributed by atoms with van der Waals surface area (Å²) in [7, 11) is 0. The third kappa shape index (κ3) is 2.78. The van der Waals surface area contributed by atoms with Gasteiger partial charge in [0.2, 0.25) is 0 Å². The highest BCUT2D eigenvalue weighted by atomic mass is 32.2. The molecular weight excluding hydrogens is 168 g/mol. The third-order valence-corrected chi connectivity index (χ3v) is 2.21. The zero-order chi connectivity index (χ0) is 8.81. The molecule has 0 saturated heterocycles. The van der Waals surface area contributed by atoms with Gasteiger partial charge in [-0.2, -0.15) is 11.8 Å². The Morgan fingerprint density at radius 1 is 1.33 bits per heavy atom. The lowest BCUT2D eigenvalue weighted by molar-refractivity contribution is 0.341. The summed E-state index contributed by atoms with van der Waals surface area (Å²) in [4.78, 5) is 0. The molecule has 0 aliphatic carbocycles. The van der Waals surface area contributed by atoms with Crippen LogP contribution >= 0.6 is 11.8 Å². The summed E-state index contributed by atoms with van der Waals surface area (Å²) in [5.41, 5.74) is 1.21. The van der Waals surface area contributed by atoms with Gasteiger partial charge in [0, 0.05) is 5.75 Å². The lowest BCUT2D eigenvalue weighted by Gasteiger charge is -2.06. The highest BCUT2D eigenvalue weighted by Crippen LogP contribution is 2.15. The van der Waals surface area contributed by atoms with Crippen LogP contribution in [-0.2, 0) is 0 Å². The van der Waals surface area contributed by atoms with Gasteiger partial charge in [-0.3, -0.25) is 0 Å². The Morgan fingerprint density at radius 2 is 2.08 bits per heavy atom. The van der Waals surface area contributed by atoms with Crippen LogP contribution in [0.25, 0.3) is 0 Å². The van der Waals surface area contributed by atoms with Crippen molar-refractivity contribution in [3.63, 3.8) is 0 Å². The maximum Gasteiger partial charge on any atom is 0.122 e. The molecule has 0 amide bonds. The second kappa shape index (κ2) is 5.09. The van der Waals surface area contributed by atoms with Crippen molar-refractivity contribution in [3.05, 3.63) is 29.8 Å². The summed E-state index contributed by atoms with van der Waals surface area (Å²) in [6, 6.07) is 8.10. The van der Waals surface area contributed by atoms with Crippen LogP contribution in [0, 0.1) is 6.92 Å². The van der Waals surface area contributed by atoms with Crippen molar-refractivity contribution >= 4 is 11.8 Å². The summed E-state index contributed by atoms with van der Waals surface area (Å²) in [6.07, 6.45) is 2.08. The van der Waals surface area contributed by atoms with Gasteiger partial charge >= 0.3 is 0 Å². The zero-order valence-electron chi connectivity index (χ0n) is 7.54. The van der Waals surface area contributed by atoms with E-state index >= 15 is 0 Å². The van der Waals surface area contributed by atoms with Crippen LogP contribution in [-0.4, -0.2) is 18.6 Å². The Balaban J connectivity index is 2.46. The molecular formula is C10H14OS. The number of rotatable bonds is 4. The van der Waals surface area contributed by atoms with Crippen molar-refractivity contribution in [2.24, 2.45) is 0 Å². The minimum atomic E-state index is 0.798. The fourth-order valence-electron chi connectivity index (χ4n) is 0.953. The van der Waals surface area contributed by atoms with E-state index < -0.39 is 0 Å². The van der Waals surface area contributed by atoms with Crippen molar-refractivity contribution in [2.45, 2.75) is 6.92 Å². The van der Waals surface area contributed by atoms with Crippen LogP contribution in [0.3, 0.4) is 0 Å². The Bertz CT molecular complexity index is 235. The second-order valence-electron chi connectivity index (χ2n) is 2.61. The topological polar surface area (TPSA) is 9.23 Å². The largest absolute Gasteiger partial charge is 0.492 e. The minimum Gasteiger partial charge on any atom is -0.492 e. The maximum absolute atomic E-state index is 5.56. The van der Waals surface area contributed by atoms with Gasteiger partial charge in [-0.15, -0.1) is 0 Å². The fraction of sp³-hybridized carbons (Fsp3) is 0.400. The normalized spacial score (nSPS) is 9.83. The van der Waals surface area contributed by atoms with Crippen molar-refractivity contribution in [3.8, 4) is 5.75 Å². The van der Waals surface area contributed by atoms with Gasteiger partial charge in [-0.1, -0.05) is 18.2 Å². The molecule has 0 unspecified atom stereocenters. The van der Waals surface area contributed by atoms with Crippen molar-refractivity contribution < 1.29 is 4.74 Å². The van der Waals surface area contributed by atoms with Crippen LogP contribution < -0.4 is 4.74 Å². The fourth-order valence-corrected chi connectivity index (χ4v) is 1.20. The Hall–Kier alpha value is -0.630. The summed E-state index contributed by atoms with van der Waals surface area (Å²) >= 11 is 1.80. The van der Waals surface area contributed by atoms with E-state index in [-0.39, 0.29) is 0 Å². The minimum absolute atomic E-state index is 0.798. The van der Waals surface area contributed by atoms with Crippen molar-refractivity contribution in [1.82, 2.24) is 0 Å². The summed E-state index contributed by atoms with van der Waals surface area (Å²) in [6.45, 7) is 2.86. The average Bonchev–Trinajstić information content (AvgIpc) is 2.09. The number of ether oxygens (including phenoxy) is 1. The quantitative estimate of drug-likeness (QED) is 0.662. The van der Waals surface area contributed by atoms with E-state index in [9.17, 15) is 0 Å². The van der Waals surface area contributed by atoms with Gasteiger partial charge in [0.1, 0.15) is 5.75 Å². The van der Waals surface area contributed by atoms with Gasteiger partial charge in [0.05, 0.1) is 6.61 Å². The molecule has 0 heterocycles. The monoisotopic (exact) mass is 182 g/mol. The molecule has 2 heteroatoms. The molecule has 0 fully saturated rings. The number of thioether (sulfide) groups is 1. The molecule has 0 N–H and O–H groups in total. The van der Waals surface area contributed by atoms with Crippen molar-refractivity contribution in [2.75, 3.05) is 18.6 Å². The average molecular weight is 182 g/mol. The van der Waals surface area contributed by atoms with E-state index in [0.29, 0.717) is 0 Å². The molecule has 0 radical (unpaired) electrons. The van der Waals surface area contributed by atoms with Crippen LogP contribution in [0.5, 0.6) is 5.75 Å². The highest BCUT2D eigenvalue weighted by molar-refractivity contribution is 7.98. The molecule has 1 aromatic carbocycles. The molecule has 12 heavy (non-hydrogen) atoms. The Morgan fingerprint density at radius 3 is 2.75 bits per heavy atom. The number of aryl methyl sites for hydroxylation is 1. The molecule has 0 aromatic heterocycles. The molecule has 0 spiro atoms. The molecule has 66 valence electrons. The molecule has 0 atom stereocenters. The highest BCUT2D eigenvalue weighted by Gasteiger charge is 1.95. The van der Waals surface area contributed by atoms with E-state index in [1.807, 2.05) is 18.2 Å².